The molecule has 2 saturated heterocycles. The van der Waals surface area contributed by atoms with Crippen LogP contribution in [-0.4, -0.2) is 123 Å². The summed E-state index contributed by atoms with van der Waals surface area (Å²) >= 11 is 3.19. The summed E-state index contributed by atoms with van der Waals surface area (Å²) in [6.45, 7) is -0.628. The van der Waals surface area contributed by atoms with E-state index in [1.165, 1.54) is 22.0 Å². The lowest BCUT2D eigenvalue weighted by Gasteiger charge is -2.53. The van der Waals surface area contributed by atoms with Gasteiger partial charge in [0.25, 0.3) is 5.91 Å². The average Bonchev–Trinajstić information content (AvgIpc) is 3.81. The number of anilines is 1. The maximum absolute atomic E-state index is 13.4. The van der Waals surface area contributed by atoms with Crippen LogP contribution in [0.4, 0.5) is 5.13 Å². The van der Waals surface area contributed by atoms with E-state index in [2.05, 4.69) is 41.5 Å². The molecule has 2 fully saturated rings. The number of allylic oxidation sites excluding steroid dienone is 1. The molecule has 238 valence electrons. The molecule has 22 heteroatoms. The minimum atomic E-state index is -1.48. The third kappa shape index (κ3) is 6.76. The molecule has 3 unspecified atom stereocenters. The number of carbonyl (C=O) groups is 5. The van der Waals surface area contributed by atoms with Gasteiger partial charge in [0.1, 0.15) is 28.6 Å². The van der Waals surface area contributed by atoms with Crippen LogP contribution in [0, 0.1) is 5.41 Å². The van der Waals surface area contributed by atoms with Gasteiger partial charge in [0, 0.05) is 23.4 Å². The van der Waals surface area contributed by atoms with Gasteiger partial charge in [0.2, 0.25) is 17.5 Å². The molecule has 3 aliphatic rings. The van der Waals surface area contributed by atoms with Crippen LogP contribution >= 0.6 is 34.9 Å². The summed E-state index contributed by atoms with van der Waals surface area (Å²) in [5, 5.41) is 52.2. The maximum atomic E-state index is 13.4. The summed E-state index contributed by atoms with van der Waals surface area (Å²) in [7, 11) is 0. The van der Waals surface area contributed by atoms with Crippen molar-refractivity contribution in [3.05, 3.63) is 23.2 Å². The predicted octanol–water partition coefficient (Wildman–Crippen LogP) is -0.685. The van der Waals surface area contributed by atoms with Crippen LogP contribution in [0.1, 0.15) is 18.5 Å². The Bertz CT molecular complexity index is 1590. The van der Waals surface area contributed by atoms with Gasteiger partial charge in [0.15, 0.2) is 16.6 Å². The molecule has 4 heterocycles. The van der Waals surface area contributed by atoms with Gasteiger partial charge in [-0.25, -0.2) is 14.5 Å². The van der Waals surface area contributed by atoms with Crippen LogP contribution in [0.5, 0.6) is 0 Å². The first-order chi connectivity index (χ1) is 21.7. The molecule has 1 aliphatic carbocycles. The van der Waals surface area contributed by atoms with Gasteiger partial charge >= 0.3 is 11.9 Å². The summed E-state index contributed by atoms with van der Waals surface area (Å²) in [5.74, 6) is -3.88. The molecule has 2 aromatic rings. The van der Waals surface area contributed by atoms with E-state index in [1.807, 2.05) is 12.2 Å². The van der Waals surface area contributed by atoms with Crippen molar-refractivity contribution in [2.75, 3.05) is 23.4 Å². The molecule has 5 rings (SSSR count). The van der Waals surface area contributed by atoms with E-state index in [-0.39, 0.29) is 45.8 Å². The molecule has 2 aromatic heterocycles. The summed E-state index contributed by atoms with van der Waals surface area (Å²) in [6.07, 6.45) is 5.34. The van der Waals surface area contributed by atoms with E-state index in [4.69, 9.17) is 15.2 Å². The Labute approximate surface area is 265 Å². The first kappa shape index (κ1) is 31.8. The number of carboxylic acids is 2. The largest absolute Gasteiger partial charge is 0.481 e. The topological polar surface area (TPSA) is 264 Å². The van der Waals surface area contributed by atoms with E-state index in [1.54, 1.807) is 0 Å². The molecule has 0 aromatic carbocycles. The number of nitrogens with zero attached hydrogens (tertiary/aromatic N) is 8. The van der Waals surface area contributed by atoms with Crippen molar-refractivity contribution in [3.63, 3.8) is 0 Å². The van der Waals surface area contributed by atoms with Crippen LogP contribution in [0.3, 0.4) is 0 Å². The Morgan fingerprint density at radius 2 is 2.13 bits per heavy atom. The summed E-state index contributed by atoms with van der Waals surface area (Å²) in [6, 6.07) is -0.968. The van der Waals surface area contributed by atoms with Gasteiger partial charge in [-0.05, 0) is 29.3 Å². The quantitative estimate of drug-likeness (QED) is 0.0315. The molecule has 2 aliphatic heterocycles. The number of aliphatic carboxylic acids is 2. The first-order valence-corrected chi connectivity index (χ1v) is 15.9. The number of carboxylic acid groups (broad SMARTS) is 2. The number of rotatable bonds is 14. The monoisotopic (exact) mass is 680 g/mol. The molecule has 0 bridgehead atoms. The van der Waals surface area contributed by atoms with Crippen molar-refractivity contribution in [3.8, 4) is 0 Å². The lowest BCUT2D eigenvalue weighted by atomic mass is 9.89. The number of β-lactam (4-membered cyclic amide) rings is 1. The number of tetrazole rings is 1. The minimum absolute atomic E-state index is 0.0705. The van der Waals surface area contributed by atoms with Gasteiger partial charge in [-0.1, -0.05) is 28.1 Å². The van der Waals surface area contributed by atoms with Gasteiger partial charge in [-0.15, -0.1) is 28.2 Å². The number of fused-ring (bicyclic) bond motifs is 1. The molecule has 3 amide bonds. The number of amides is 3. The van der Waals surface area contributed by atoms with Crippen molar-refractivity contribution in [2.24, 2.45) is 15.7 Å². The number of carbonyl (C=O) groups excluding carboxylic acids is 3. The Hall–Kier alpha value is -4.57. The highest BCUT2D eigenvalue weighted by Gasteiger charge is 2.57. The van der Waals surface area contributed by atoms with Gasteiger partial charge in [0.05, 0.1) is 6.54 Å². The van der Waals surface area contributed by atoms with E-state index in [0.29, 0.717) is 12.8 Å². The number of nitrogens with one attached hydrogen (secondary N) is 2. The average molecular weight is 681 g/mol. The molecule has 19 nitrogen and oxygen atoms in total. The van der Waals surface area contributed by atoms with Crippen molar-refractivity contribution in [1.82, 2.24) is 35.4 Å². The third-order valence-corrected chi connectivity index (χ3v) is 10.5. The minimum Gasteiger partial charge on any atom is -0.481 e. The van der Waals surface area contributed by atoms with Crippen molar-refractivity contribution in [2.45, 2.75) is 42.1 Å². The third-order valence-electron chi connectivity index (χ3n) is 6.92. The van der Waals surface area contributed by atoms with E-state index >= 15 is 0 Å². The zero-order valence-electron chi connectivity index (χ0n) is 22.9. The molecule has 45 heavy (non-hydrogen) atoms. The standard InChI is InChI=1S/C23H24N10O9S3/c34-10-24-21-25-13(6-43-21)14(29-42-11-3-1-2-4-11)16(35)26-15-17(36)32-7-23(20(39)40,8-44-18(15)32)9-45-22-27-30-31-33(22)5-12(28-41)19(37)38/h1,3,6,10-11,15,18,41H,2,4-5,7-9H2,(H,26,35)(H,37,38)(H,39,40)(H,24,25,34)/t11?,15?,18-,23?/m1/s1. The van der Waals surface area contributed by atoms with E-state index in [9.17, 15) is 29.1 Å². The molecular weight excluding hydrogens is 657 g/mol. The molecule has 5 N–H and O–H groups in total. The normalized spacial score (nSPS) is 24.5. The fourth-order valence-corrected chi connectivity index (χ4v) is 7.91. The SMILES string of the molecule is O=CNc1nc(C(=NOC2C=CCC2)C(=O)NC2C(=O)N3CC(CSc4nnnn4CC(=NO)C(=O)O)(C(=O)O)CS[C@H]23)cs1. The first-order valence-electron chi connectivity index (χ1n) is 13.0. The van der Waals surface area contributed by atoms with Crippen LogP contribution in [0.25, 0.3) is 0 Å². The Morgan fingerprint density at radius 3 is 2.82 bits per heavy atom. The molecule has 0 saturated carbocycles. The van der Waals surface area contributed by atoms with Crippen LogP contribution in [0.2, 0.25) is 0 Å². The maximum Gasteiger partial charge on any atom is 0.355 e. The Kier molecular flexibility index (Phi) is 9.63. The Morgan fingerprint density at radius 1 is 1.31 bits per heavy atom. The van der Waals surface area contributed by atoms with Gasteiger partial charge in [-0.2, -0.15) is 0 Å². The lowest BCUT2D eigenvalue weighted by molar-refractivity contribution is -0.157. The number of hydrogen-bond acceptors (Lipinski definition) is 16. The summed E-state index contributed by atoms with van der Waals surface area (Å²) in [5.41, 5.74) is -2.11. The smallest absolute Gasteiger partial charge is 0.355 e. The number of aromatic nitrogens is 5. The highest BCUT2D eigenvalue weighted by atomic mass is 32.2. The summed E-state index contributed by atoms with van der Waals surface area (Å²) < 4.78 is 1.05. The summed E-state index contributed by atoms with van der Waals surface area (Å²) in [4.78, 5) is 72.1. The van der Waals surface area contributed by atoms with Crippen molar-refractivity contribution in [1.29, 1.82) is 0 Å². The second-order valence-corrected chi connectivity index (χ2v) is 12.8. The molecular formula is C23H24N10O9S3. The molecule has 0 radical (unpaired) electrons. The van der Waals surface area contributed by atoms with Crippen molar-refractivity contribution >= 4 is 81.6 Å². The predicted molar refractivity (Wildman–Crippen MR) is 157 cm³/mol. The van der Waals surface area contributed by atoms with Crippen LogP contribution in [0.15, 0.2) is 33.0 Å². The van der Waals surface area contributed by atoms with Gasteiger partial charge in [-0.3, -0.25) is 19.2 Å². The number of thioether (sulfide) groups is 2. The fraction of sp³-hybridized carbons (Fsp3) is 0.435. The second-order valence-electron chi connectivity index (χ2n) is 9.85. The number of thiazole rings is 1. The Balaban J connectivity index is 1.25. The van der Waals surface area contributed by atoms with Crippen molar-refractivity contribution < 1.29 is 44.2 Å². The zero-order chi connectivity index (χ0) is 32.1. The number of hydrogen-bond donors (Lipinski definition) is 5. The lowest BCUT2D eigenvalue weighted by Crippen LogP contribution is -2.74. The highest BCUT2D eigenvalue weighted by Crippen LogP contribution is 2.44. The van der Waals surface area contributed by atoms with E-state index < -0.39 is 52.8 Å². The van der Waals surface area contributed by atoms with Gasteiger partial charge < -0.3 is 35.8 Å². The molecule has 0 spiro atoms. The second kappa shape index (κ2) is 13.6. The fourth-order valence-electron chi connectivity index (χ4n) is 4.52. The van der Waals surface area contributed by atoms with Crippen LogP contribution in [-0.2, 0) is 35.4 Å². The molecule has 4 atom stereocenters. The van der Waals surface area contributed by atoms with E-state index in [0.717, 1.165) is 34.2 Å². The number of oxime groups is 2. The zero-order valence-corrected chi connectivity index (χ0v) is 25.3. The highest BCUT2D eigenvalue weighted by molar-refractivity contribution is 8.00. The van der Waals surface area contributed by atoms with Crippen LogP contribution < -0.4 is 10.6 Å².